The predicted molar refractivity (Wildman–Crippen MR) is 86.4 cm³/mol. The van der Waals surface area contributed by atoms with Crippen molar-refractivity contribution in [3.05, 3.63) is 41.0 Å². The minimum atomic E-state index is -1.32. The summed E-state index contributed by atoms with van der Waals surface area (Å²) in [7, 11) is -1.32. The number of hydrogen-bond acceptors (Lipinski definition) is 2. The van der Waals surface area contributed by atoms with Crippen LogP contribution in [0.25, 0.3) is 6.08 Å². The van der Waals surface area contributed by atoms with Gasteiger partial charge >= 0.3 is 5.97 Å². The zero-order chi connectivity index (χ0) is 14.8. The van der Waals surface area contributed by atoms with Crippen LogP contribution in [0.3, 0.4) is 0 Å². The summed E-state index contributed by atoms with van der Waals surface area (Å²) in [5.41, 5.74) is 3.81. The number of benzene rings is 1. The van der Waals surface area contributed by atoms with E-state index in [2.05, 4.69) is 50.0 Å². The SMILES string of the molecule is CCOC(=O)C(C[Si](C)(C)C)C1=Cc2ccccc2C1. The van der Waals surface area contributed by atoms with Gasteiger partial charge in [0, 0.05) is 8.07 Å². The maximum absolute atomic E-state index is 12.3. The standard InChI is InChI=1S/C17H24O2Si/c1-5-19-17(18)16(12-20(2,3)4)15-10-13-8-6-7-9-14(13)11-15/h6-10,16H,5,11-12H2,1-4H3. The number of carbonyl (C=O) groups is 1. The Morgan fingerprint density at radius 3 is 2.60 bits per heavy atom. The third-order valence-corrected chi connectivity index (χ3v) is 5.26. The van der Waals surface area contributed by atoms with Gasteiger partial charge in [0.05, 0.1) is 12.5 Å². The van der Waals surface area contributed by atoms with Crippen LogP contribution < -0.4 is 0 Å². The quantitative estimate of drug-likeness (QED) is 0.601. The number of esters is 1. The molecule has 1 aliphatic carbocycles. The van der Waals surface area contributed by atoms with Crippen LogP contribution in [0.1, 0.15) is 18.1 Å². The maximum Gasteiger partial charge on any atom is 0.312 e. The molecule has 0 heterocycles. The molecule has 1 aromatic carbocycles. The molecule has 3 heteroatoms. The van der Waals surface area contributed by atoms with Gasteiger partial charge in [-0.1, -0.05) is 55.6 Å². The molecule has 0 N–H and O–H groups in total. The second-order valence-electron chi connectivity index (χ2n) is 6.66. The Bertz CT molecular complexity index is 526. The topological polar surface area (TPSA) is 26.3 Å². The highest BCUT2D eigenvalue weighted by Gasteiger charge is 2.32. The first-order chi connectivity index (χ1) is 9.40. The average Bonchev–Trinajstić information content (AvgIpc) is 2.78. The molecule has 108 valence electrons. The van der Waals surface area contributed by atoms with Crippen molar-refractivity contribution in [3.8, 4) is 0 Å². The van der Waals surface area contributed by atoms with E-state index in [-0.39, 0.29) is 11.9 Å². The van der Waals surface area contributed by atoms with E-state index in [0.717, 1.165) is 12.5 Å². The highest BCUT2D eigenvalue weighted by Crippen LogP contribution is 2.34. The molecule has 0 radical (unpaired) electrons. The van der Waals surface area contributed by atoms with E-state index >= 15 is 0 Å². The average molecular weight is 288 g/mol. The molecule has 0 aliphatic heterocycles. The second kappa shape index (κ2) is 5.96. The van der Waals surface area contributed by atoms with E-state index in [0.29, 0.717) is 6.61 Å². The van der Waals surface area contributed by atoms with Crippen molar-refractivity contribution in [2.45, 2.75) is 39.0 Å². The van der Waals surface area contributed by atoms with Crippen LogP contribution in [0.4, 0.5) is 0 Å². The van der Waals surface area contributed by atoms with Crippen molar-refractivity contribution in [1.82, 2.24) is 0 Å². The van der Waals surface area contributed by atoms with E-state index in [1.54, 1.807) is 0 Å². The van der Waals surface area contributed by atoms with Crippen LogP contribution in [0.2, 0.25) is 25.7 Å². The summed E-state index contributed by atoms with van der Waals surface area (Å²) >= 11 is 0. The van der Waals surface area contributed by atoms with Gasteiger partial charge in [0.2, 0.25) is 0 Å². The normalized spacial score (nSPS) is 15.5. The summed E-state index contributed by atoms with van der Waals surface area (Å²) in [5, 5.41) is 0. The van der Waals surface area contributed by atoms with Gasteiger partial charge in [0.15, 0.2) is 0 Å². The summed E-state index contributed by atoms with van der Waals surface area (Å²) in [6, 6.07) is 9.35. The van der Waals surface area contributed by atoms with Gasteiger partial charge in [0.25, 0.3) is 0 Å². The molecule has 20 heavy (non-hydrogen) atoms. The Balaban J connectivity index is 2.23. The van der Waals surface area contributed by atoms with Crippen LogP contribution in [0, 0.1) is 5.92 Å². The van der Waals surface area contributed by atoms with Crippen LogP contribution in [0.5, 0.6) is 0 Å². The van der Waals surface area contributed by atoms with Crippen molar-refractivity contribution < 1.29 is 9.53 Å². The number of ether oxygens (including phenoxy) is 1. The first-order valence-electron chi connectivity index (χ1n) is 7.35. The second-order valence-corrected chi connectivity index (χ2v) is 12.2. The van der Waals surface area contributed by atoms with E-state index in [9.17, 15) is 4.79 Å². The molecule has 0 spiro atoms. The third kappa shape index (κ3) is 3.60. The van der Waals surface area contributed by atoms with Crippen molar-refractivity contribution in [3.63, 3.8) is 0 Å². The Morgan fingerprint density at radius 1 is 1.30 bits per heavy atom. The van der Waals surface area contributed by atoms with Crippen molar-refractivity contribution in [2.75, 3.05) is 6.61 Å². The van der Waals surface area contributed by atoms with Gasteiger partial charge in [-0.15, -0.1) is 0 Å². The fraction of sp³-hybridized carbons (Fsp3) is 0.471. The van der Waals surface area contributed by atoms with E-state index in [1.165, 1.54) is 16.7 Å². The van der Waals surface area contributed by atoms with Crippen molar-refractivity contribution in [2.24, 2.45) is 5.92 Å². The van der Waals surface area contributed by atoms with Crippen LogP contribution in [-0.2, 0) is 16.0 Å². The van der Waals surface area contributed by atoms with Crippen LogP contribution in [0.15, 0.2) is 29.8 Å². The van der Waals surface area contributed by atoms with Crippen molar-refractivity contribution in [1.29, 1.82) is 0 Å². The fourth-order valence-electron chi connectivity index (χ4n) is 2.75. The number of carbonyl (C=O) groups excluding carboxylic acids is 1. The lowest BCUT2D eigenvalue weighted by molar-refractivity contribution is -0.146. The predicted octanol–water partition coefficient (Wildman–Crippen LogP) is 4.14. The first-order valence-corrected chi connectivity index (χ1v) is 11.1. The molecule has 0 bridgehead atoms. The number of rotatable bonds is 5. The van der Waals surface area contributed by atoms with Gasteiger partial charge in [0.1, 0.15) is 0 Å². The minimum Gasteiger partial charge on any atom is -0.466 e. The zero-order valence-corrected chi connectivity index (χ0v) is 13.9. The number of fused-ring (bicyclic) bond motifs is 1. The molecule has 1 aliphatic rings. The molecule has 0 saturated carbocycles. The van der Waals surface area contributed by atoms with Gasteiger partial charge in [-0.25, -0.2) is 0 Å². The highest BCUT2D eigenvalue weighted by molar-refractivity contribution is 6.76. The largest absolute Gasteiger partial charge is 0.466 e. The van der Waals surface area contributed by atoms with Gasteiger partial charge in [-0.05, 0) is 30.5 Å². The van der Waals surface area contributed by atoms with Gasteiger partial charge in [-0.2, -0.15) is 0 Å². The summed E-state index contributed by atoms with van der Waals surface area (Å²) in [5.74, 6) is -0.108. The fourth-order valence-corrected chi connectivity index (χ4v) is 4.41. The summed E-state index contributed by atoms with van der Waals surface area (Å²) in [6.07, 6.45) is 3.08. The Kier molecular flexibility index (Phi) is 4.48. The Hall–Kier alpha value is -1.35. The molecule has 2 rings (SSSR count). The highest BCUT2D eigenvalue weighted by atomic mass is 28.3. The molecule has 0 amide bonds. The van der Waals surface area contributed by atoms with E-state index < -0.39 is 8.07 Å². The Morgan fingerprint density at radius 2 is 2.00 bits per heavy atom. The van der Waals surface area contributed by atoms with Crippen molar-refractivity contribution >= 4 is 20.1 Å². The smallest absolute Gasteiger partial charge is 0.312 e. The minimum absolute atomic E-state index is 0.0472. The van der Waals surface area contributed by atoms with Gasteiger partial charge < -0.3 is 4.74 Å². The Labute approximate surface area is 122 Å². The third-order valence-electron chi connectivity index (χ3n) is 3.63. The summed E-state index contributed by atoms with van der Waals surface area (Å²) in [6.45, 7) is 9.26. The molecule has 1 atom stereocenters. The monoisotopic (exact) mass is 288 g/mol. The molecule has 0 saturated heterocycles. The molecule has 0 aromatic heterocycles. The lowest BCUT2D eigenvalue weighted by atomic mass is 9.99. The molecular weight excluding hydrogens is 264 g/mol. The van der Waals surface area contributed by atoms with Crippen LogP contribution in [-0.4, -0.2) is 20.7 Å². The van der Waals surface area contributed by atoms with E-state index in [4.69, 9.17) is 4.74 Å². The lowest BCUT2D eigenvalue weighted by Crippen LogP contribution is -2.30. The first kappa shape index (κ1) is 15.0. The van der Waals surface area contributed by atoms with E-state index in [1.807, 2.05) is 6.92 Å². The molecular formula is C17H24O2Si. The summed E-state index contributed by atoms with van der Waals surface area (Å²) in [4.78, 5) is 12.3. The number of hydrogen-bond donors (Lipinski definition) is 0. The molecule has 0 fully saturated rings. The van der Waals surface area contributed by atoms with Crippen LogP contribution >= 0.6 is 0 Å². The maximum atomic E-state index is 12.3. The molecule has 2 nitrogen and oxygen atoms in total. The zero-order valence-electron chi connectivity index (χ0n) is 12.9. The summed E-state index contributed by atoms with van der Waals surface area (Å²) < 4.78 is 5.30. The lowest BCUT2D eigenvalue weighted by Gasteiger charge is -2.24. The molecule has 1 aromatic rings. The molecule has 1 unspecified atom stereocenters. The van der Waals surface area contributed by atoms with Gasteiger partial charge in [-0.3, -0.25) is 4.79 Å².